The molecule has 164 valence electrons. The first kappa shape index (κ1) is 22.4. The molecule has 1 amide bonds. The SMILES string of the molecule is CCNC(=O)c1coc(CN(Cc2cccc(OC)c2OC)C(C)c2ccccc2)n1. The maximum absolute atomic E-state index is 12.1. The van der Waals surface area contributed by atoms with Crippen LogP contribution in [-0.2, 0) is 13.1 Å². The van der Waals surface area contributed by atoms with Crippen LogP contribution in [0.2, 0.25) is 0 Å². The minimum Gasteiger partial charge on any atom is -0.493 e. The summed E-state index contributed by atoms with van der Waals surface area (Å²) in [5.74, 6) is 1.62. The number of para-hydroxylation sites is 1. The maximum Gasteiger partial charge on any atom is 0.273 e. The lowest BCUT2D eigenvalue weighted by molar-refractivity contribution is 0.0950. The molecule has 0 saturated carbocycles. The third kappa shape index (κ3) is 5.44. The molecule has 0 fully saturated rings. The van der Waals surface area contributed by atoms with E-state index in [1.807, 2.05) is 43.3 Å². The van der Waals surface area contributed by atoms with E-state index in [2.05, 4.69) is 34.3 Å². The number of carbonyl (C=O) groups is 1. The van der Waals surface area contributed by atoms with Gasteiger partial charge in [-0.15, -0.1) is 0 Å². The van der Waals surface area contributed by atoms with Crippen LogP contribution in [0.5, 0.6) is 11.5 Å². The van der Waals surface area contributed by atoms with Crippen LogP contribution in [0.25, 0.3) is 0 Å². The zero-order valence-electron chi connectivity index (χ0n) is 18.4. The Labute approximate surface area is 183 Å². The summed E-state index contributed by atoms with van der Waals surface area (Å²) < 4.78 is 16.7. The molecule has 1 aromatic heterocycles. The van der Waals surface area contributed by atoms with Gasteiger partial charge in [-0.3, -0.25) is 9.69 Å². The fraction of sp³-hybridized carbons (Fsp3) is 0.333. The molecule has 1 N–H and O–H groups in total. The van der Waals surface area contributed by atoms with Crippen LogP contribution in [0.3, 0.4) is 0 Å². The van der Waals surface area contributed by atoms with Gasteiger partial charge in [0.25, 0.3) is 5.91 Å². The van der Waals surface area contributed by atoms with Crippen LogP contribution in [0.1, 0.15) is 47.4 Å². The highest BCUT2D eigenvalue weighted by atomic mass is 16.5. The predicted octanol–water partition coefficient (Wildman–Crippen LogP) is 4.20. The lowest BCUT2D eigenvalue weighted by Gasteiger charge is -2.29. The summed E-state index contributed by atoms with van der Waals surface area (Å²) in [7, 11) is 3.26. The smallest absolute Gasteiger partial charge is 0.273 e. The van der Waals surface area contributed by atoms with E-state index in [4.69, 9.17) is 13.9 Å². The van der Waals surface area contributed by atoms with E-state index in [0.717, 1.165) is 5.56 Å². The number of ether oxygens (including phenoxy) is 2. The summed E-state index contributed by atoms with van der Waals surface area (Å²) in [5.41, 5.74) is 2.43. The lowest BCUT2D eigenvalue weighted by atomic mass is 10.1. The quantitative estimate of drug-likeness (QED) is 0.527. The number of aromatic nitrogens is 1. The van der Waals surface area contributed by atoms with Gasteiger partial charge in [-0.1, -0.05) is 42.5 Å². The molecule has 1 unspecified atom stereocenters. The van der Waals surface area contributed by atoms with Crippen molar-refractivity contribution in [3.8, 4) is 11.5 Å². The van der Waals surface area contributed by atoms with Crippen molar-refractivity contribution in [2.24, 2.45) is 0 Å². The molecular weight excluding hydrogens is 394 g/mol. The minimum absolute atomic E-state index is 0.0666. The Balaban J connectivity index is 1.90. The van der Waals surface area contributed by atoms with Crippen molar-refractivity contribution in [1.29, 1.82) is 0 Å². The van der Waals surface area contributed by atoms with Gasteiger partial charge in [0.2, 0.25) is 5.89 Å². The van der Waals surface area contributed by atoms with Gasteiger partial charge < -0.3 is 19.2 Å². The Hall–Kier alpha value is -3.32. The van der Waals surface area contributed by atoms with E-state index >= 15 is 0 Å². The Morgan fingerprint density at radius 2 is 1.87 bits per heavy atom. The van der Waals surface area contributed by atoms with Crippen LogP contribution in [-0.4, -0.2) is 36.6 Å². The van der Waals surface area contributed by atoms with E-state index in [1.165, 1.54) is 11.8 Å². The fourth-order valence-corrected chi connectivity index (χ4v) is 3.48. The van der Waals surface area contributed by atoms with E-state index in [0.29, 0.717) is 37.0 Å². The van der Waals surface area contributed by atoms with Crippen LogP contribution < -0.4 is 14.8 Å². The van der Waals surface area contributed by atoms with E-state index in [9.17, 15) is 4.79 Å². The molecular formula is C24H29N3O4. The highest BCUT2D eigenvalue weighted by molar-refractivity contribution is 5.91. The van der Waals surface area contributed by atoms with Crippen molar-refractivity contribution in [3.05, 3.63) is 77.5 Å². The molecule has 2 aromatic carbocycles. The summed E-state index contributed by atoms with van der Waals surface area (Å²) >= 11 is 0. The van der Waals surface area contributed by atoms with Gasteiger partial charge in [0, 0.05) is 24.7 Å². The van der Waals surface area contributed by atoms with Crippen molar-refractivity contribution < 1.29 is 18.7 Å². The largest absolute Gasteiger partial charge is 0.493 e. The van der Waals surface area contributed by atoms with Crippen molar-refractivity contribution in [3.63, 3.8) is 0 Å². The predicted molar refractivity (Wildman–Crippen MR) is 118 cm³/mol. The van der Waals surface area contributed by atoms with E-state index in [-0.39, 0.29) is 17.6 Å². The minimum atomic E-state index is -0.241. The molecule has 0 spiro atoms. The average Bonchev–Trinajstić information content (AvgIpc) is 3.27. The monoisotopic (exact) mass is 423 g/mol. The third-order valence-electron chi connectivity index (χ3n) is 5.15. The number of amides is 1. The van der Waals surface area contributed by atoms with Gasteiger partial charge in [-0.05, 0) is 25.5 Å². The Morgan fingerprint density at radius 3 is 2.55 bits per heavy atom. The second-order valence-corrected chi connectivity index (χ2v) is 7.13. The molecule has 0 aliphatic carbocycles. The number of hydrogen-bond donors (Lipinski definition) is 1. The molecule has 0 radical (unpaired) electrons. The highest BCUT2D eigenvalue weighted by Crippen LogP contribution is 2.34. The maximum atomic E-state index is 12.1. The van der Waals surface area contributed by atoms with Crippen molar-refractivity contribution >= 4 is 5.91 Å². The summed E-state index contributed by atoms with van der Waals surface area (Å²) in [4.78, 5) is 18.7. The summed E-state index contributed by atoms with van der Waals surface area (Å²) in [5, 5.41) is 2.74. The Morgan fingerprint density at radius 1 is 1.10 bits per heavy atom. The van der Waals surface area contributed by atoms with Gasteiger partial charge in [0.15, 0.2) is 17.2 Å². The number of oxazole rings is 1. The standard InChI is InChI=1S/C24H29N3O4/c1-5-25-24(28)20-16-31-22(26-20)15-27(17(2)18-10-7-6-8-11-18)14-19-12-9-13-21(29-3)23(19)30-4/h6-13,16-17H,5,14-15H2,1-4H3,(H,25,28). The first-order chi connectivity index (χ1) is 15.1. The summed E-state index contributed by atoms with van der Waals surface area (Å²) in [6.07, 6.45) is 1.40. The molecule has 0 saturated heterocycles. The molecule has 0 aliphatic rings. The molecule has 3 aromatic rings. The molecule has 0 bridgehead atoms. The van der Waals surface area contributed by atoms with Gasteiger partial charge in [-0.2, -0.15) is 0 Å². The van der Waals surface area contributed by atoms with Gasteiger partial charge in [0.1, 0.15) is 6.26 Å². The third-order valence-corrected chi connectivity index (χ3v) is 5.15. The topological polar surface area (TPSA) is 76.8 Å². The molecule has 1 heterocycles. The van der Waals surface area contributed by atoms with Crippen LogP contribution in [0, 0.1) is 0 Å². The van der Waals surface area contributed by atoms with Crippen LogP contribution in [0.4, 0.5) is 0 Å². The number of nitrogens with one attached hydrogen (secondary N) is 1. The van der Waals surface area contributed by atoms with Crippen LogP contribution in [0.15, 0.2) is 59.2 Å². The summed E-state index contributed by atoms with van der Waals surface area (Å²) in [6, 6.07) is 16.1. The molecule has 31 heavy (non-hydrogen) atoms. The number of methoxy groups -OCH3 is 2. The number of nitrogens with zero attached hydrogens (tertiary/aromatic N) is 2. The first-order valence-corrected chi connectivity index (χ1v) is 10.3. The van der Waals surface area contributed by atoms with Crippen molar-refractivity contribution in [2.75, 3.05) is 20.8 Å². The van der Waals surface area contributed by atoms with Crippen LogP contribution >= 0.6 is 0 Å². The second kappa shape index (κ2) is 10.6. The van der Waals surface area contributed by atoms with Crippen molar-refractivity contribution in [1.82, 2.24) is 15.2 Å². The average molecular weight is 424 g/mol. The molecule has 3 rings (SSSR count). The second-order valence-electron chi connectivity index (χ2n) is 7.13. The number of rotatable bonds is 10. The number of carbonyl (C=O) groups excluding carboxylic acids is 1. The lowest BCUT2D eigenvalue weighted by Crippen LogP contribution is -2.27. The molecule has 7 nitrogen and oxygen atoms in total. The Bertz CT molecular complexity index is 987. The highest BCUT2D eigenvalue weighted by Gasteiger charge is 2.22. The molecule has 7 heteroatoms. The zero-order valence-corrected chi connectivity index (χ0v) is 18.4. The van der Waals surface area contributed by atoms with E-state index < -0.39 is 0 Å². The number of benzene rings is 2. The van der Waals surface area contributed by atoms with Crippen molar-refractivity contribution in [2.45, 2.75) is 33.0 Å². The molecule has 0 aliphatic heterocycles. The fourth-order valence-electron chi connectivity index (χ4n) is 3.48. The van der Waals surface area contributed by atoms with Gasteiger partial charge in [-0.25, -0.2) is 4.98 Å². The van der Waals surface area contributed by atoms with Gasteiger partial charge >= 0.3 is 0 Å². The first-order valence-electron chi connectivity index (χ1n) is 10.3. The van der Waals surface area contributed by atoms with E-state index in [1.54, 1.807) is 14.2 Å². The number of hydrogen-bond acceptors (Lipinski definition) is 6. The van der Waals surface area contributed by atoms with Gasteiger partial charge in [0.05, 0.1) is 20.8 Å². The Kier molecular flexibility index (Phi) is 7.67. The normalized spacial score (nSPS) is 11.9. The molecule has 1 atom stereocenters. The zero-order chi connectivity index (χ0) is 22.2. The summed E-state index contributed by atoms with van der Waals surface area (Å²) in [6.45, 7) is 5.54.